The van der Waals surface area contributed by atoms with E-state index in [-0.39, 0.29) is 11.2 Å². The summed E-state index contributed by atoms with van der Waals surface area (Å²) in [4.78, 5) is 11.2. The number of carbonyl (C=O) groups is 1. The van der Waals surface area contributed by atoms with Crippen molar-refractivity contribution < 1.29 is 4.79 Å². The quantitative estimate of drug-likeness (QED) is 0.833. The maximum absolute atomic E-state index is 11.2. The van der Waals surface area contributed by atoms with Crippen LogP contribution in [0, 0.1) is 6.92 Å². The Bertz CT molecular complexity index is 638. The second-order valence-electron chi connectivity index (χ2n) is 4.99. The van der Waals surface area contributed by atoms with Gasteiger partial charge in [0.2, 0.25) is 5.91 Å². The number of rotatable bonds is 6. The maximum atomic E-state index is 11.2. The third-order valence-electron chi connectivity index (χ3n) is 3.12. The molecule has 1 amide bonds. The van der Waals surface area contributed by atoms with Crippen LogP contribution < -0.4 is 5.73 Å². The molecule has 0 bridgehead atoms. The van der Waals surface area contributed by atoms with Crippen molar-refractivity contribution in [3.63, 3.8) is 0 Å². The molecule has 0 spiro atoms. The molecule has 2 N–H and O–H groups in total. The Morgan fingerprint density at radius 1 is 1.43 bits per heavy atom. The van der Waals surface area contributed by atoms with E-state index in [2.05, 4.69) is 40.7 Å². The molecule has 0 aliphatic heterocycles. The Morgan fingerprint density at radius 2 is 2.19 bits per heavy atom. The van der Waals surface area contributed by atoms with Gasteiger partial charge in [0.05, 0.1) is 5.25 Å². The van der Waals surface area contributed by atoms with Crippen LogP contribution in [0.25, 0.3) is 11.4 Å². The van der Waals surface area contributed by atoms with Crippen LogP contribution in [0.5, 0.6) is 0 Å². The van der Waals surface area contributed by atoms with Crippen LogP contribution >= 0.6 is 11.8 Å². The predicted octanol–water partition coefficient (Wildman–Crippen LogP) is 2.63. The molecule has 0 aliphatic rings. The molecule has 0 unspecified atom stereocenters. The van der Waals surface area contributed by atoms with E-state index < -0.39 is 0 Å². The van der Waals surface area contributed by atoms with Gasteiger partial charge in [0, 0.05) is 12.1 Å². The largest absolute Gasteiger partial charge is 0.369 e. The van der Waals surface area contributed by atoms with Gasteiger partial charge < -0.3 is 10.3 Å². The molecule has 1 aromatic carbocycles. The van der Waals surface area contributed by atoms with Gasteiger partial charge in [-0.05, 0) is 26.3 Å². The Hall–Kier alpha value is -1.82. The summed E-state index contributed by atoms with van der Waals surface area (Å²) in [6.45, 7) is 6.75. The minimum absolute atomic E-state index is 0.324. The van der Waals surface area contributed by atoms with Crippen molar-refractivity contribution >= 4 is 17.7 Å². The number of aromatic nitrogens is 3. The predicted molar refractivity (Wildman–Crippen MR) is 85.0 cm³/mol. The first-order chi connectivity index (χ1) is 10.0. The standard InChI is InChI=1S/C15H20N4OS/c1-4-8-19-14(12-7-5-6-10(2)9-12)17-18-15(19)21-11(3)13(16)20/h5-7,9,11H,4,8H2,1-3H3,(H2,16,20)/t11-/m1/s1. The lowest BCUT2D eigenvalue weighted by Crippen LogP contribution is -2.23. The third kappa shape index (κ3) is 3.64. The van der Waals surface area contributed by atoms with Gasteiger partial charge >= 0.3 is 0 Å². The van der Waals surface area contributed by atoms with Gasteiger partial charge in [-0.3, -0.25) is 4.79 Å². The number of thioether (sulfide) groups is 1. The van der Waals surface area contributed by atoms with E-state index in [4.69, 9.17) is 5.73 Å². The second-order valence-corrected chi connectivity index (χ2v) is 6.30. The summed E-state index contributed by atoms with van der Waals surface area (Å²) in [5.41, 5.74) is 7.54. The number of hydrogen-bond donors (Lipinski definition) is 1. The van der Waals surface area contributed by atoms with E-state index in [0.29, 0.717) is 0 Å². The lowest BCUT2D eigenvalue weighted by molar-refractivity contribution is -0.117. The van der Waals surface area contributed by atoms with Crippen molar-refractivity contribution in [1.82, 2.24) is 14.8 Å². The van der Waals surface area contributed by atoms with Gasteiger partial charge in [-0.15, -0.1) is 10.2 Å². The van der Waals surface area contributed by atoms with E-state index in [1.54, 1.807) is 6.92 Å². The number of aryl methyl sites for hydroxylation is 1. The number of amides is 1. The molecule has 2 rings (SSSR count). The van der Waals surface area contributed by atoms with Crippen molar-refractivity contribution in [2.45, 2.75) is 44.1 Å². The number of primary amides is 1. The Morgan fingerprint density at radius 3 is 2.81 bits per heavy atom. The summed E-state index contributed by atoms with van der Waals surface area (Å²) in [5, 5.41) is 8.94. The molecule has 0 fully saturated rings. The van der Waals surface area contributed by atoms with Crippen molar-refractivity contribution in [1.29, 1.82) is 0 Å². The average molecular weight is 304 g/mol. The number of nitrogens with zero attached hydrogens (tertiary/aromatic N) is 3. The first-order valence-corrected chi connectivity index (χ1v) is 7.87. The molecule has 5 nitrogen and oxygen atoms in total. The van der Waals surface area contributed by atoms with Crippen LogP contribution in [0.2, 0.25) is 0 Å². The van der Waals surface area contributed by atoms with Crippen LogP contribution in [0.1, 0.15) is 25.8 Å². The summed E-state index contributed by atoms with van der Waals surface area (Å²) in [6.07, 6.45) is 0.968. The molecule has 21 heavy (non-hydrogen) atoms. The van der Waals surface area contributed by atoms with Crippen molar-refractivity contribution in [3.05, 3.63) is 29.8 Å². The summed E-state index contributed by atoms with van der Waals surface area (Å²) in [5.74, 6) is 0.489. The zero-order chi connectivity index (χ0) is 15.4. The molecular formula is C15H20N4OS. The van der Waals surface area contributed by atoms with Crippen LogP contribution in [0.3, 0.4) is 0 Å². The molecule has 2 aromatic rings. The highest BCUT2D eigenvalue weighted by molar-refractivity contribution is 8.00. The molecule has 0 aliphatic carbocycles. The molecule has 1 aromatic heterocycles. The van der Waals surface area contributed by atoms with Crippen LogP contribution in [0.15, 0.2) is 29.4 Å². The molecule has 6 heteroatoms. The lowest BCUT2D eigenvalue weighted by Gasteiger charge is -2.11. The third-order valence-corrected chi connectivity index (χ3v) is 4.22. The Labute approximate surface area is 128 Å². The maximum Gasteiger partial charge on any atom is 0.230 e. The minimum atomic E-state index is -0.344. The van der Waals surface area contributed by atoms with E-state index in [0.717, 1.165) is 29.5 Å². The summed E-state index contributed by atoms with van der Waals surface area (Å²) < 4.78 is 2.05. The van der Waals surface area contributed by atoms with Crippen LogP contribution in [0.4, 0.5) is 0 Å². The minimum Gasteiger partial charge on any atom is -0.369 e. The van der Waals surface area contributed by atoms with E-state index in [9.17, 15) is 4.79 Å². The fraction of sp³-hybridized carbons (Fsp3) is 0.400. The smallest absolute Gasteiger partial charge is 0.230 e. The zero-order valence-corrected chi connectivity index (χ0v) is 13.4. The number of nitrogens with two attached hydrogens (primary N) is 1. The van der Waals surface area contributed by atoms with E-state index in [1.807, 2.05) is 12.1 Å². The summed E-state index contributed by atoms with van der Waals surface area (Å²) in [7, 11) is 0. The van der Waals surface area contributed by atoms with Gasteiger partial charge in [0.1, 0.15) is 0 Å². The molecule has 1 heterocycles. The highest BCUT2D eigenvalue weighted by Gasteiger charge is 2.18. The Balaban J connectivity index is 2.39. The van der Waals surface area contributed by atoms with Crippen LogP contribution in [-0.2, 0) is 11.3 Å². The van der Waals surface area contributed by atoms with E-state index in [1.165, 1.54) is 17.3 Å². The second kappa shape index (κ2) is 6.76. The molecule has 1 atom stereocenters. The van der Waals surface area contributed by atoms with Crippen molar-refractivity contribution in [2.24, 2.45) is 5.73 Å². The van der Waals surface area contributed by atoms with Gasteiger partial charge in [-0.25, -0.2) is 0 Å². The van der Waals surface area contributed by atoms with Gasteiger partial charge in [0.15, 0.2) is 11.0 Å². The fourth-order valence-electron chi connectivity index (χ4n) is 2.01. The van der Waals surface area contributed by atoms with Crippen molar-refractivity contribution in [2.75, 3.05) is 0 Å². The molecular weight excluding hydrogens is 284 g/mol. The first kappa shape index (κ1) is 15.6. The normalized spacial score (nSPS) is 12.3. The molecule has 0 radical (unpaired) electrons. The number of benzene rings is 1. The first-order valence-electron chi connectivity index (χ1n) is 6.99. The van der Waals surface area contributed by atoms with E-state index >= 15 is 0 Å². The molecule has 0 saturated carbocycles. The average Bonchev–Trinajstić information content (AvgIpc) is 2.82. The fourth-order valence-corrected chi connectivity index (χ4v) is 2.84. The zero-order valence-electron chi connectivity index (χ0n) is 12.5. The Kier molecular flexibility index (Phi) is 5.01. The van der Waals surface area contributed by atoms with Crippen LogP contribution in [-0.4, -0.2) is 25.9 Å². The van der Waals surface area contributed by atoms with Gasteiger partial charge in [-0.1, -0.05) is 42.4 Å². The van der Waals surface area contributed by atoms with Gasteiger partial charge in [0.25, 0.3) is 0 Å². The van der Waals surface area contributed by atoms with Gasteiger partial charge in [-0.2, -0.15) is 0 Å². The topological polar surface area (TPSA) is 73.8 Å². The highest BCUT2D eigenvalue weighted by Crippen LogP contribution is 2.27. The summed E-state index contributed by atoms with van der Waals surface area (Å²) in [6, 6.07) is 8.17. The number of hydrogen-bond acceptors (Lipinski definition) is 4. The molecule has 0 saturated heterocycles. The summed E-state index contributed by atoms with van der Waals surface area (Å²) >= 11 is 1.35. The SMILES string of the molecule is CCCn1c(S[C@H](C)C(N)=O)nnc1-c1cccc(C)c1. The lowest BCUT2D eigenvalue weighted by atomic mass is 10.1. The highest BCUT2D eigenvalue weighted by atomic mass is 32.2. The number of carbonyl (C=O) groups excluding carboxylic acids is 1. The monoisotopic (exact) mass is 304 g/mol. The molecule has 112 valence electrons. The van der Waals surface area contributed by atoms with Crippen molar-refractivity contribution in [3.8, 4) is 11.4 Å².